The first-order valence-corrected chi connectivity index (χ1v) is 9.95. The van der Waals surface area contributed by atoms with E-state index in [-0.39, 0.29) is 27.6 Å². The van der Waals surface area contributed by atoms with Crippen molar-refractivity contribution in [1.82, 2.24) is 5.32 Å². The number of phenolic OH excluding ortho intramolecular Hbond substituents is 2. The highest BCUT2D eigenvalue weighted by Crippen LogP contribution is 2.34. The fraction of sp³-hybridized carbons (Fsp3) is 0.300. The number of hydrogen-bond donors (Lipinski definition) is 4. The monoisotopic (exact) mass is 450 g/mol. The predicted molar refractivity (Wildman–Crippen MR) is 112 cm³/mol. The average molecular weight is 450 g/mol. The van der Waals surface area contributed by atoms with Crippen LogP contribution in [0.15, 0.2) is 12.1 Å². The van der Waals surface area contributed by atoms with Gasteiger partial charge in [-0.25, -0.2) is 9.59 Å². The van der Waals surface area contributed by atoms with Crippen molar-refractivity contribution in [2.45, 2.75) is 20.8 Å². The summed E-state index contributed by atoms with van der Waals surface area (Å²) in [4.78, 5) is 49.0. The second-order valence-corrected chi connectivity index (χ2v) is 7.33. The van der Waals surface area contributed by atoms with Crippen LogP contribution >= 0.6 is 11.3 Å². The van der Waals surface area contributed by atoms with Gasteiger partial charge in [0.15, 0.2) is 18.1 Å². The van der Waals surface area contributed by atoms with E-state index >= 15 is 0 Å². The van der Waals surface area contributed by atoms with Gasteiger partial charge >= 0.3 is 11.9 Å². The van der Waals surface area contributed by atoms with Crippen LogP contribution in [0, 0.1) is 13.8 Å². The van der Waals surface area contributed by atoms with E-state index in [2.05, 4.69) is 10.6 Å². The number of aromatic hydroxyl groups is 2. The minimum absolute atomic E-state index is 0.0335. The maximum absolute atomic E-state index is 12.3. The zero-order valence-corrected chi connectivity index (χ0v) is 18.1. The standard InChI is InChI=1S/C20H22N2O8S/c1-5-29-20(28)13-10(3)16(17(26)21-4)31-18(13)22-12(23)8-30-19(27)11-7-6-9(2)14(24)15(11)25/h6-7,24-25H,5,8H2,1-4H3,(H,21,26)(H,22,23). The number of hydrogen-bond acceptors (Lipinski definition) is 9. The third-order valence-corrected chi connectivity index (χ3v) is 5.43. The number of phenols is 2. The summed E-state index contributed by atoms with van der Waals surface area (Å²) in [6.07, 6.45) is 0. The van der Waals surface area contributed by atoms with Gasteiger partial charge in [0.1, 0.15) is 10.6 Å². The number of amides is 2. The van der Waals surface area contributed by atoms with E-state index in [4.69, 9.17) is 9.47 Å². The summed E-state index contributed by atoms with van der Waals surface area (Å²) in [6.45, 7) is 4.07. The van der Waals surface area contributed by atoms with E-state index in [9.17, 15) is 29.4 Å². The van der Waals surface area contributed by atoms with E-state index in [1.54, 1.807) is 13.8 Å². The minimum atomic E-state index is -1.03. The maximum Gasteiger partial charge on any atom is 0.342 e. The number of esters is 2. The molecule has 2 rings (SSSR count). The Balaban J connectivity index is 2.18. The van der Waals surface area contributed by atoms with Gasteiger partial charge in [0, 0.05) is 7.05 Å². The van der Waals surface area contributed by atoms with Gasteiger partial charge in [-0.1, -0.05) is 6.07 Å². The molecule has 0 aliphatic heterocycles. The molecule has 0 unspecified atom stereocenters. The lowest BCUT2D eigenvalue weighted by Gasteiger charge is -2.09. The van der Waals surface area contributed by atoms with Crippen molar-refractivity contribution < 1.29 is 38.9 Å². The molecule has 2 aromatic rings. The lowest BCUT2D eigenvalue weighted by Crippen LogP contribution is -2.22. The minimum Gasteiger partial charge on any atom is -0.504 e. The fourth-order valence-corrected chi connectivity index (χ4v) is 3.75. The molecule has 0 radical (unpaired) electrons. The first-order chi connectivity index (χ1) is 14.6. The highest BCUT2D eigenvalue weighted by Gasteiger charge is 2.26. The SMILES string of the molecule is CCOC(=O)c1c(NC(=O)COC(=O)c2ccc(C)c(O)c2O)sc(C(=O)NC)c1C. The van der Waals surface area contributed by atoms with Crippen LogP contribution in [0.25, 0.3) is 0 Å². The van der Waals surface area contributed by atoms with Crippen LogP contribution < -0.4 is 10.6 Å². The van der Waals surface area contributed by atoms with Crippen LogP contribution in [0.4, 0.5) is 5.00 Å². The lowest BCUT2D eigenvalue weighted by molar-refractivity contribution is -0.119. The summed E-state index contributed by atoms with van der Waals surface area (Å²) >= 11 is 0.880. The number of carbonyl (C=O) groups excluding carboxylic acids is 4. The Labute approximate surface area is 181 Å². The van der Waals surface area contributed by atoms with Gasteiger partial charge in [-0.3, -0.25) is 9.59 Å². The molecule has 0 saturated carbocycles. The highest BCUT2D eigenvalue weighted by atomic mass is 32.1. The number of aryl methyl sites for hydroxylation is 1. The lowest BCUT2D eigenvalue weighted by atomic mass is 10.1. The van der Waals surface area contributed by atoms with Gasteiger partial charge in [0.05, 0.1) is 17.0 Å². The summed E-state index contributed by atoms with van der Waals surface area (Å²) in [6, 6.07) is 2.66. The number of carbonyl (C=O) groups is 4. The number of nitrogens with one attached hydrogen (secondary N) is 2. The van der Waals surface area contributed by atoms with Crippen molar-refractivity contribution in [1.29, 1.82) is 0 Å². The van der Waals surface area contributed by atoms with E-state index < -0.39 is 41.9 Å². The average Bonchev–Trinajstić information content (AvgIpc) is 3.05. The van der Waals surface area contributed by atoms with Gasteiger partial charge < -0.3 is 30.3 Å². The number of benzene rings is 1. The van der Waals surface area contributed by atoms with Crippen molar-refractivity contribution in [2.75, 3.05) is 25.6 Å². The predicted octanol–water partition coefficient (Wildman–Crippen LogP) is 2.11. The Morgan fingerprint density at radius 3 is 2.32 bits per heavy atom. The molecule has 2 amide bonds. The molecule has 10 nitrogen and oxygen atoms in total. The first-order valence-electron chi connectivity index (χ1n) is 9.13. The Bertz CT molecular complexity index is 1040. The molecule has 11 heteroatoms. The molecule has 0 atom stereocenters. The topological polar surface area (TPSA) is 151 Å². The molecule has 4 N–H and O–H groups in total. The van der Waals surface area contributed by atoms with Crippen LogP contribution in [0.5, 0.6) is 11.5 Å². The number of rotatable bonds is 7. The molecular weight excluding hydrogens is 428 g/mol. The summed E-state index contributed by atoms with van der Waals surface area (Å²) in [5.41, 5.74) is 0.427. The molecule has 0 bridgehead atoms. The third-order valence-electron chi connectivity index (χ3n) is 4.22. The molecule has 0 spiro atoms. The van der Waals surface area contributed by atoms with Crippen molar-refractivity contribution in [3.05, 3.63) is 39.3 Å². The normalized spacial score (nSPS) is 10.3. The molecule has 31 heavy (non-hydrogen) atoms. The fourth-order valence-electron chi connectivity index (χ4n) is 2.60. The zero-order valence-electron chi connectivity index (χ0n) is 17.3. The smallest absolute Gasteiger partial charge is 0.342 e. The molecule has 0 aliphatic carbocycles. The second kappa shape index (κ2) is 9.94. The van der Waals surface area contributed by atoms with Gasteiger partial charge in [0.2, 0.25) is 0 Å². The molecule has 166 valence electrons. The third kappa shape index (κ3) is 5.12. The largest absolute Gasteiger partial charge is 0.504 e. The number of ether oxygens (including phenoxy) is 2. The van der Waals surface area contributed by atoms with Crippen molar-refractivity contribution >= 4 is 40.1 Å². The number of thiophene rings is 1. The van der Waals surface area contributed by atoms with Gasteiger partial charge in [-0.05, 0) is 38.0 Å². The van der Waals surface area contributed by atoms with Crippen molar-refractivity contribution in [3.8, 4) is 11.5 Å². The number of anilines is 1. The van der Waals surface area contributed by atoms with Crippen LogP contribution in [0.3, 0.4) is 0 Å². The van der Waals surface area contributed by atoms with Gasteiger partial charge in [-0.2, -0.15) is 0 Å². The molecule has 1 aromatic carbocycles. The summed E-state index contributed by atoms with van der Waals surface area (Å²) in [5.74, 6) is -4.07. The van der Waals surface area contributed by atoms with Crippen LogP contribution in [0.1, 0.15) is 48.4 Å². The molecule has 0 saturated heterocycles. The molecule has 0 aliphatic rings. The molecule has 1 aromatic heterocycles. The Kier molecular flexibility index (Phi) is 7.59. The zero-order chi connectivity index (χ0) is 23.3. The maximum atomic E-state index is 12.3. The van der Waals surface area contributed by atoms with Gasteiger partial charge in [-0.15, -0.1) is 11.3 Å². The van der Waals surface area contributed by atoms with Crippen LogP contribution in [-0.2, 0) is 14.3 Å². The summed E-state index contributed by atoms with van der Waals surface area (Å²) < 4.78 is 9.87. The first kappa shape index (κ1) is 23.7. The molecule has 1 heterocycles. The van der Waals surface area contributed by atoms with E-state index in [1.165, 1.54) is 26.1 Å². The quantitative estimate of drug-likeness (QED) is 0.370. The summed E-state index contributed by atoms with van der Waals surface area (Å²) in [7, 11) is 1.43. The van der Waals surface area contributed by atoms with Gasteiger partial charge in [0.25, 0.3) is 11.8 Å². The Hall–Kier alpha value is -3.60. The molecule has 0 fully saturated rings. The summed E-state index contributed by atoms with van der Waals surface area (Å²) in [5, 5.41) is 24.6. The van der Waals surface area contributed by atoms with Crippen LogP contribution in [-0.4, -0.2) is 54.2 Å². The van der Waals surface area contributed by atoms with E-state index in [0.717, 1.165) is 11.3 Å². The molecular formula is C20H22N2O8S. The van der Waals surface area contributed by atoms with Crippen LogP contribution in [0.2, 0.25) is 0 Å². The van der Waals surface area contributed by atoms with E-state index in [0.29, 0.717) is 11.1 Å². The Morgan fingerprint density at radius 1 is 1.03 bits per heavy atom. The Morgan fingerprint density at radius 2 is 1.71 bits per heavy atom. The second-order valence-electron chi connectivity index (χ2n) is 6.31. The highest BCUT2D eigenvalue weighted by molar-refractivity contribution is 7.18. The van der Waals surface area contributed by atoms with Crippen molar-refractivity contribution in [2.24, 2.45) is 0 Å². The van der Waals surface area contributed by atoms with Crippen molar-refractivity contribution in [3.63, 3.8) is 0 Å². The van der Waals surface area contributed by atoms with E-state index in [1.807, 2.05) is 0 Å².